The van der Waals surface area contributed by atoms with Crippen molar-refractivity contribution in [2.45, 2.75) is 41.2 Å². The summed E-state index contributed by atoms with van der Waals surface area (Å²) in [6, 6.07) is 17.8. The molecule has 0 aliphatic rings. The molecule has 210 valence electrons. The number of carboxylic acid groups (broad SMARTS) is 2. The lowest BCUT2D eigenvalue weighted by atomic mass is 9.91. The topological polar surface area (TPSA) is 117 Å². The highest BCUT2D eigenvalue weighted by Gasteiger charge is 2.20. The fourth-order valence-corrected chi connectivity index (χ4v) is 4.23. The smallest absolute Gasteiger partial charge is 0.336 e. The number of fused-ring (bicyclic) bond motifs is 4. The number of benzene rings is 4. The van der Waals surface area contributed by atoms with Gasteiger partial charge in [0.1, 0.15) is 17.0 Å². The molecule has 1 aromatic heterocycles. The SMILES string of the molecule is CC.CC.CC(=O)O.CNCc1ccc2c(-c3ccccc3C(=O)O)c3cc(F)c4cc(=O)ccc4c3oc2c1. The molecule has 1 heterocycles. The molecule has 0 amide bonds. The minimum Gasteiger partial charge on any atom is -0.481 e. The van der Waals surface area contributed by atoms with E-state index in [4.69, 9.17) is 14.3 Å². The highest BCUT2D eigenvalue weighted by molar-refractivity contribution is 6.17. The first-order valence-electron chi connectivity index (χ1n) is 13.0. The summed E-state index contributed by atoms with van der Waals surface area (Å²) in [5, 5.41) is 22.0. The molecule has 8 heteroatoms. The summed E-state index contributed by atoms with van der Waals surface area (Å²) in [4.78, 5) is 32.8. The Morgan fingerprint density at radius 1 is 0.850 bits per heavy atom. The van der Waals surface area contributed by atoms with Crippen LogP contribution in [0.15, 0.2) is 75.9 Å². The van der Waals surface area contributed by atoms with Gasteiger partial charge >= 0.3 is 5.97 Å². The van der Waals surface area contributed by atoms with Crippen molar-refractivity contribution in [1.29, 1.82) is 0 Å². The second kappa shape index (κ2) is 14.6. The summed E-state index contributed by atoms with van der Waals surface area (Å²) in [6.07, 6.45) is 0. The number of aromatic carboxylic acids is 1. The number of hydrogen-bond donors (Lipinski definition) is 3. The number of aliphatic carboxylic acids is 1. The third kappa shape index (κ3) is 6.90. The van der Waals surface area contributed by atoms with Gasteiger partial charge in [0.2, 0.25) is 0 Å². The molecule has 40 heavy (non-hydrogen) atoms. The van der Waals surface area contributed by atoms with Gasteiger partial charge in [-0.1, -0.05) is 58.0 Å². The standard InChI is InChI=1S/C26H18FNO4.C2H4O2.2C2H6/c1-28-13-14-6-8-19-23(10-14)32-25-17-9-7-15(29)11-20(17)22(27)12-21(25)24(19)16-4-2-3-5-18(16)26(30)31;1-2(3)4;2*1-2/h2-12,28H,13H2,1H3,(H,30,31);1H3,(H,3,4);2*1-2H3. The number of halogens is 1. The Kier molecular flexibility index (Phi) is 11.5. The van der Waals surface area contributed by atoms with Crippen LogP contribution in [0.5, 0.6) is 0 Å². The van der Waals surface area contributed by atoms with Gasteiger partial charge in [0.05, 0.1) is 5.56 Å². The van der Waals surface area contributed by atoms with Crippen LogP contribution in [0.3, 0.4) is 0 Å². The van der Waals surface area contributed by atoms with Crippen molar-refractivity contribution in [3.05, 3.63) is 93.9 Å². The quantitative estimate of drug-likeness (QED) is 0.158. The molecule has 4 aromatic carbocycles. The van der Waals surface area contributed by atoms with E-state index in [1.807, 2.05) is 52.9 Å². The average Bonchev–Trinajstić information content (AvgIpc) is 2.94. The first-order chi connectivity index (χ1) is 19.2. The molecule has 0 spiro atoms. The van der Waals surface area contributed by atoms with Gasteiger partial charge in [0.15, 0.2) is 5.43 Å². The van der Waals surface area contributed by atoms with Gasteiger partial charge in [-0.15, -0.1) is 0 Å². The monoisotopic (exact) mass is 547 g/mol. The molecule has 5 aromatic rings. The Labute approximate surface area is 231 Å². The van der Waals surface area contributed by atoms with Gasteiger partial charge in [0.25, 0.3) is 5.97 Å². The van der Waals surface area contributed by atoms with Crippen molar-refractivity contribution in [3.63, 3.8) is 0 Å². The maximum Gasteiger partial charge on any atom is 0.336 e. The predicted octanol–water partition coefficient (Wildman–Crippen LogP) is 7.47. The lowest BCUT2D eigenvalue weighted by molar-refractivity contribution is -0.134. The fraction of sp³-hybridized carbons (Fsp3) is 0.219. The molecule has 0 aliphatic heterocycles. The van der Waals surface area contributed by atoms with Crippen molar-refractivity contribution >= 4 is 44.6 Å². The van der Waals surface area contributed by atoms with Crippen LogP contribution in [-0.2, 0) is 11.3 Å². The molecule has 0 unspecified atom stereocenters. The molecule has 0 atom stereocenters. The maximum absolute atomic E-state index is 15.1. The van der Waals surface area contributed by atoms with Crippen LogP contribution in [0.1, 0.15) is 50.5 Å². The third-order valence-corrected chi connectivity index (χ3v) is 5.61. The number of rotatable bonds is 4. The second-order valence-electron chi connectivity index (χ2n) is 8.15. The van der Waals surface area contributed by atoms with Gasteiger partial charge in [-0.05, 0) is 54.6 Å². The van der Waals surface area contributed by atoms with Gasteiger partial charge in [-0.2, -0.15) is 0 Å². The van der Waals surface area contributed by atoms with E-state index in [0.29, 0.717) is 45.0 Å². The van der Waals surface area contributed by atoms with Gasteiger partial charge in [0, 0.05) is 40.6 Å². The molecule has 0 bridgehead atoms. The van der Waals surface area contributed by atoms with Crippen LogP contribution in [0.25, 0.3) is 43.8 Å². The van der Waals surface area contributed by atoms with E-state index in [1.165, 1.54) is 24.3 Å². The van der Waals surface area contributed by atoms with E-state index in [9.17, 15) is 14.7 Å². The van der Waals surface area contributed by atoms with Crippen molar-refractivity contribution in [2.24, 2.45) is 0 Å². The van der Waals surface area contributed by atoms with E-state index in [1.54, 1.807) is 24.3 Å². The van der Waals surface area contributed by atoms with Crippen molar-refractivity contribution in [1.82, 2.24) is 5.32 Å². The van der Waals surface area contributed by atoms with E-state index >= 15 is 4.39 Å². The molecule has 3 N–H and O–H groups in total. The van der Waals surface area contributed by atoms with Gasteiger partial charge in [-0.3, -0.25) is 9.59 Å². The van der Waals surface area contributed by atoms with Crippen LogP contribution in [0, 0.1) is 5.82 Å². The summed E-state index contributed by atoms with van der Waals surface area (Å²) in [5.74, 6) is -2.48. The fourth-order valence-electron chi connectivity index (χ4n) is 4.23. The Morgan fingerprint density at radius 2 is 1.48 bits per heavy atom. The van der Waals surface area contributed by atoms with Gasteiger partial charge in [-0.25, -0.2) is 9.18 Å². The average molecular weight is 548 g/mol. The number of nitrogens with one attached hydrogen (secondary N) is 1. The summed E-state index contributed by atoms with van der Waals surface area (Å²) in [7, 11) is 1.84. The zero-order chi connectivity index (χ0) is 30.0. The molecule has 0 saturated carbocycles. The largest absolute Gasteiger partial charge is 0.481 e. The highest BCUT2D eigenvalue weighted by Crippen LogP contribution is 2.41. The van der Waals surface area contributed by atoms with Crippen LogP contribution in [-0.4, -0.2) is 29.2 Å². The Balaban J connectivity index is 0.000000634. The zero-order valence-electron chi connectivity index (χ0n) is 23.5. The minimum atomic E-state index is -1.08. The molecule has 7 nitrogen and oxygen atoms in total. The number of carboxylic acids is 2. The Morgan fingerprint density at radius 3 is 2.10 bits per heavy atom. The predicted molar refractivity (Wildman–Crippen MR) is 159 cm³/mol. The molecule has 0 aliphatic carbocycles. The van der Waals surface area contributed by atoms with Crippen LogP contribution in [0.4, 0.5) is 4.39 Å². The maximum atomic E-state index is 15.1. The summed E-state index contributed by atoms with van der Waals surface area (Å²) >= 11 is 0. The van der Waals surface area contributed by atoms with E-state index < -0.39 is 17.8 Å². The van der Waals surface area contributed by atoms with Crippen molar-refractivity contribution in [2.75, 3.05) is 7.05 Å². The van der Waals surface area contributed by atoms with Crippen LogP contribution < -0.4 is 10.7 Å². The number of carbonyl (C=O) groups is 2. The lowest BCUT2D eigenvalue weighted by Gasteiger charge is -2.15. The Hall–Kier alpha value is -4.56. The minimum absolute atomic E-state index is 0.107. The van der Waals surface area contributed by atoms with E-state index in [-0.39, 0.29) is 16.4 Å². The van der Waals surface area contributed by atoms with Crippen molar-refractivity contribution < 1.29 is 28.6 Å². The first kappa shape index (κ1) is 31.7. The van der Waals surface area contributed by atoms with E-state index in [2.05, 4.69) is 5.32 Å². The van der Waals surface area contributed by atoms with Crippen LogP contribution >= 0.6 is 0 Å². The summed E-state index contributed by atoms with van der Waals surface area (Å²) in [6.45, 7) is 9.70. The molecule has 0 saturated heterocycles. The second-order valence-corrected chi connectivity index (χ2v) is 8.15. The lowest BCUT2D eigenvalue weighted by Crippen LogP contribution is -2.05. The molecule has 0 radical (unpaired) electrons. The zero-order valence-corrected chi connectivity index (χ0v) is 23.5. The highest BCUT2D eigenvalue weighted by atomic mass is 19.1. The van der Waals surface area contributed by atoms with E-state index in [0.717, 1.165) is 12.5 Å². The summed E-state index contributed by atoms with van der Waals surface area (Å²) in [5.41, 5.74) is 2.76. The molecule has 0 fully saturated rings. The van der Waals surface area contributed by atoms with Gasteiger partial charge < -0.3 is 19.9 Å². The van der Waals surface area contributed by atoms with Crippen LogP contribution in [0.2, 0.25) is 0 Å². The first-order valence-corrected chi connectivity index (χ1v) is 13.0. The molecular formula is C32H34FNO6. The third-order valence-electron chi connectivity index (χ3n) is 5.61. The normalized spacial score (nSPS) is 10.1. The molecule has 5 rings (SSSR count). The van der Waals surface area contributed by atoms with Crippen molar-refractivity contribution in [3.8, 4) is 11.1 Å². The molecular weight excluding hydrogens is 513 g/mol. The number of hydrogen-bond acceptors (Lipinski definition) is 5. The summed E-state index contributed by atoms with van der Waals surface area (Å²) < 4.78 is 21.4. The Bertz CT molecular complexity index is 1700.